The van der Waals surface area contributed by atoms with Gasteiger partial charge in [0.25, 0.3) is 0 Å². The summed E-state index contributed by atoms with van der Waals surface area (Å²) in [5.74, 6) is 0.146. The molecule has 0 N–H and O–H groups in total. The third kappa shape index (κ3) is 2.40. The number of rotatable bonds is 4. The lowest BCUT2D eigenvalue weighted by Gasteiger charge is -2.15. The van der Waals surface area contributed by atoms with Gasteiger partial charge >= 0.3 is 0 Å². The van der Waals surface area contributed by atoms with Crippen LogP contribution in [0.15, 0.2) is 29.2 Å². The van der Waals surface area contributed by atoms with Crippen molar-refractivity contribution in [3.05, 3.63) is 24.3 Å². The van der Waals surface area contributed by atoms with Gasteiger partial charge in [-0.1, -0.05) is 6.92 Å². The predicted molar refractivity (Wildman–Crippen MR) is 68.6 cm³/mol. The zero-order valence-electron chi connectivity index (χ0n) is 9.06. The normalized spacial score (nSPS) is 16.1. The summed E-state index contributed by atoms with van der Waals surface area (Å²) in [6, 6.07) is 7.59. The van der Waals surface area contributed by atoms with Crippen molar-refractivity contribution in [2.24, 2.45) is 0 Å². The number of hydrogen-bond donors (Lipinski definition) is 0. The molecule has 0 unspecified atom stereocenters. The minimum Gasteiger partial charge on any atom is -0.306 e. The summed E-state index contributed by atoms with van der Waals surface area (Å²) in [7, 11) is -3.08. The Morgan fingerprint density at radius 1 is 1.31 bits per heavy atom. The number of hydrogen-bond acceptors (Lipinski definition) is 3. The van der Waals surface area contributed by atoms with Crippen LogP contribution in [0.5, 0.6) is 0 Å². The summed E-state index contributed by atoms with van der Waals surface area (Å²) in [5, 5.41) is 0. The first-order chi connectivity index (χ1) is 7.54. The number of nitrogens with zero attached hydrogens (tertiary/aromatic N) is 1. The first kappa shape index (κ1) is 11.9. The Hall–Kier alpha value is -0.550. The van der Waals surface area contributed by atoms with Crippen molar-refractivity contribution in [3.63, 3.8) is 0 Å². The van der Waals surface area contributed by atoms with Gasteiger partial charge in [0, 0.05) is 27.9 Å². The van der Waals surface area contributed by atoms with E-state index in [1.165, 1.54) is 12.8 Å². The molecule has 3 nitrogen and oxygen atoms in total. The molecule has 2 rings (SSSR count). The van der Waals surface area contributed by atoms with Crippen molar-refractivity contribution >= 4 is 31.7 Å². The maximum Gasteiger partial charge on any atom is 0.178 e. The molecule has 1 aromatic carbocycles. The molecule has 0 atom stereocenters. The fraction of sp³-hybridized carbons (Fsp3) is 0.455. The zero-order valence-corrected chi connectivity index (χ0v) is 11.5. The van der Waals surface area contributed by atoms with Gasteiger partial charge in [-0.15, -0.1) is 0 Å². The van der Waals surface area contributed by atoms with Crippen LogP contribution in [0.3, 0.4) is 0 Å². The Labute approximate surface area is 105 Å². The maximum atomic E-state index is 11.6. The average Bonchev–Trinajstić information content (AvgIpc) is 3.12. The highest BCUT2D eigenvalue weighted by Gasteiger charge is 2.28. The van der Waals surface area contributed by atoms with E-state index in [-0.39, 0.29) is 5.75 Å². The highest BCUT2D eigenvalue weighted by Crippen LogP contribution is 2.34. The number of benzene rings is 1. The predicted octanol–water partition coefficient (Wildman–Crippen LogP) is 2.76. The van der Waals surface area contributed by atoms with E-state index in [0.717, 1.165) is 5.69 Å². The smallest absolute Gasteiger partial charge is 0.178 e. The van der Waals surface area contributed by atoms with Crippen LogP contribution in [0.25, 0.3) is 0 Å². The molecule has 1 aliphatic carbocycles. The highest BCUT2D eigenvalue weighted by molar-refractivity contribution is 9.10. The lowest BCUT2D eigenvalue weighted by atomic mass is 10.3. The molecule has 0 bridgehead atoms. The van der Waals surface area contributed by atoms with Gasteiger partial charge in [0.2, 0.25) is 0 Å². The monoisotopic (exact) mass is 303 g/mol. The molecular formula is C11H14BrNO2S. The van der Waals surface area contributed by atoms with E-state index in [1.54, 1.807) is 19.1 Å². The van der Waals surface area contributed by atoms with Crippen LogP contribution >= 0.6 is 16.1 Å². The van der Waals surface area contributed by atoms with Gasteiger partial charge < -0.3 is 3.93 Å². The van der Waals surface area contributed by atoms with E-state index in [4.69, 9.17) is 0 Å². The fourth-order valence-electron chi connectivity index (χ4n) is 1.47. The highest BCUT2D eigenvalue weighted by atomic mass is 79.9. The Kier molecular flexibility index (Phi) is 3.26. The molecule has 88 valence electrons. The molecule has 16 heavy (non-hydrogen) atoms. The van der Waals surface area contributed by atoms with Gasteiger partial charge in [-0.2, -0.15) is 0 Å². The van der Waals surface area contributed by atoms with Crippen molar-refractivity contribution in [2.45, 2.75) is 30.7 Å². The molecule has 0 amide bonds. The van der Waals surface area contributed by atoms with Crippen molar-refractivity contribution in [1.82, 2.24) is 0 Å². The molecule has 0 aromatic heterocycles. The van der Waals surface area contributed by atoms with Gasteiger partial charge in [0.15, 0.2) is 9.84 Å². The first-order valence-electron chi connectivity index (χ1n) is 5.32. The van der Waals surface area contributed by atoms with E-state index < -0.39 is 9.84 Å². The maximum absolute atomic E-state index is 11.6. The average molecular weight is 304 g/mol. The second-order valence-electron chi connectivity index (χ2n) is 3.94. The number of halogens is 1. The summed E-state index contributed by atoms with van der Waals surface area (Å²) in [4.78, 5) is 0.399. The Bertz CT molecular complexity index is 465. The third-order valence-corrected chi connectivity index (χ3v) is 5.43. The number of sulfone groups is 1. The molecule has 1 fully saturated rings. The van der Waals surface area contributed by atoms with E-state index in [1.807, 2.05) is 16.1 Å². The topological polar surface area (TPSA) is 37.4 Å². The van der Waals surface area contributed by atoms with Crippen LogP contribution in [0.4, 0.5) is 5.69 Å². The van der Waals surface area contributed by atoms with Gasteiger partial charge in [0.05, 0.1) is 10.6 Å². The summed E-state index contributed by atoms with van der Waals surface area (Å²) in [6.45, 7) is 1.66. The Morgan fingerprint density at radius 3 is 2.31 bits per heavy atom. The molecule has 0 radical (unpaired) electrons. The summed E-state index contributed by atoms with van der Waals surface area (Å²) < 4.78 is 25.2. The molecule has 1 saturated carbocycles. The SMILES string of the molecule is CCS(=O)(=O)c1ccc(N(Br)C2CC2)cc1. The molecule has 0 heterocycles. The van der Waals surface area contributed by atoms with Crippen LogP contribution in [-0.2, 0) is 9.84 Å². The lowest BCUT2D eigenvalue weighted by molar-refractivity contribution is 0.597. The fourth-order valence-corrected chi connectivity index (χ4v) is 3.00. The largest absolute Gasteiger partial charge is 0.306 e. The van der Waals surface area contributed by atoms with Crippen LogP contribution in [0.2, 0.25) is 0 Å². The van der Waals surface area contributed by atoms with Crippen LogP contribution in [0, 0.1) is 0 Å². The standard InChI is InChI=1S/C11H14BrNO2S/c1-2-16(14,15)11-7-5-10(6-8-11)13(12)9-3-4-9/h5-9H,2-4H2,1H3. The van der Waals surface area contributed by atoms with Crippen LogP contribution in [0.1, 0.15) is 19.8 Å². The summed E-state index contributed by atoms with van der Waals surface area (Å²) in [6.07, 6.45) is 2.39. The minimum atomic E-state index is -3.08. The molecule has 1 aliphatic rings. The van der Waals surface area contributed by atoms with Gasteiger partial charge in [-0.25, -0.2) is 8.42 Å². The summed E-state index contributed by atoms with van der Waals surface area (Å²) >= 11 is 3.49. The molecule has 5 heteroatoms. The van der Waals surface area contributed by atoms with Crippen molar-refractivity contribution in [2.75, 3.05) is 9.68 Å². The second kappa shape index (κ2) is 4.37. The van der Waals surface area contributed by atoms with E-state index in [2.05, 4.69) is 16.1 Å². The zero-order chi connectivity index (χ0) is 11.8. The van der Waals surface area contributed by atoms with Gasteiger partial charge in [-0.3, -0.25) is 0 Å². The minimum absolute atomic E-state index is 0.146. The van der Waals surface area contributed by atoms with E-state index in [0.29, 0.717) is 10.9 Å². The van der Waals surface area contributed by atoms with Crippen molar-refractivity contribution < 1.29 is 8.42 Å². The molecule has 0 spiro atoms. The lowest BCUT2D eigenvalue weighted by Crippen LogP contribution is -2.11. The first-order valence-corrected chi connectivity index (χ1v) is 7.68. The van der Waals surface area contributed by atoms with Gasteiger partial charge in [0.1, 0.15) is 0 Å². The van der Waals surface area contributed by atoms with E-state index >= 15 is 0 Å². The second-order valence-corrected chi connectivity index (χ2v) is 6.98. The molecule has 0 aliphatic heterocycles. The Balaban J connectivity index is 2.22. The van der Waals surface area contributed by atoms with Crippen LogP contribution < -0.4 is 3.93 Å². The van der Waals surface area contributed by atoms with Crippen LogP contribution in [-0.4, -0.2) is 20.2 Å². The number of anilines is 1. The van der Waals surface area contributed by atoms with E-state index in [9.17, 15) is 8.42 Å². The Morgan fingerprint density at radius 2 is 1.88 bits per heavy atom. The molecule has 0 saturated heterocycles. The summed E-state index contributed by atoms with van der Waals surface area (Å²) in [5.41, 5.74) is 1.01. The van der Waals surface area contributed by atoms with Gasteiger partial charge in [-0.05, 0) is 37.1 Å². The molecule has 1 aromatic rings. The molecular weight excluding hydrogens is 290 g/mol. The third-order valence-electron chi connectivity index (χ3n) is 2.69. The quantitative estimate of drug-likeness (QED) is 0.803. The van der Waals surface area contributed by atoms with Crippen molar-refractivity contribution in [3.8, 4) is 0 Å². The van der Waals surface area contributed by atoms with Crippen molar-refractivity contribution in [1.29, 1.82) is 0 Å².